The number of aromatic nitrogens is 6. The lowest BCUT2D eigenvalue weighted by Crippen LogP contribution is -2.08. The number of aromatic amines is 1. The summed E-state index contributed by atoms with van der Waals surface area (Å²) in [6, 6.07) is 7.39. The van der Waals surface area contributed by atoms with Crippen molar-refractivity contribution < 1.29 is 9.50 Å². The van der Waals surface area contributed by atoms with Crippen LogP contribution in [0.5, 0.6) is 0 Å². The minimum absolute atomic E-state index is 0.164. The zero-order valence-corrected chi connectivity index (χ0v) is 14.1. The Labute approximate surface area is 147 Å². The Hall–Kier alpha value is -3.33. The molecule has 26 heavy (non-hydrogen) atoms. The second kappa shape index (κ2) is 6.19. The Morgan fingerprint density at radius 1 is 1.23 bits per heavy atom. The predicted molar refractivity (Wildman–Crippen MR) is 93.4 cm³/mol. The van der Waals surface area contributed by atoms with E-state index in [0.717, 1.165) is 5.69 Å². The smallest absolute Gasteiger partial charge is 0.186 e. The standard InChI is InChI=1S/C17H16FN7O/c1-9-7-13(23-22-9)19-15-12-8-25(2)24-16(12)21-17(20-15)14(26)10-3-5-11(18)6-4-10/h3-8,14,26H,1-2H3,(H2,19,20,21,22,23,24)/t14-/m1/s1. The number of nitrogens with zero attached hydrogens (tertiary/aromatic N) is 5. The molecule has 3 heterocycles. The summed E-state index contributed by atoms with van der Waals surface area (Å²) in [6.07, 6.45) is 0.675. The first kappa shape index (κ1) is 16.2. The van der Waals surface area contributed by atoms with Crippen LogP contribution in [0.15, 0.2) is 36.5 Å². The SMILES string of the molecule is Cc1cc(Nc2nc([C@H](O)c3ccc(F)cc3)nc3nn(C)cc23)n[nH]1. The lowest BCUT2D eigenvalue weighted by molar-refractivity contribution is 0.210. The molecule has 4 aromatic rings. The molecule has 9 heteroatoms. The van der Waals surface area contributed by atoms with Gasteiger partial charge in [-0.1, -0.05) is 12.1 Å². The number of H-pyrrole nitrogens is 1. The van der Waals surface area contributed by atoms with Crippen LogP contribution in [0.2, 0.25) is 0 Å². The van der Waals surface area contributed by atoms with E-state index in [1.54, 1.807) is 17.9 Å². The van der Waals surface area contributed by atoms with Gasteiger partial charge in [-0.15, -0.1) is 0 Å². The molecular weight excluding hydrogens is 337 g/mol. The average molecular weight is 353 g/mol. The fourth-order valence-corrected chi connectivity index (χ4v) is 2.65. The number of nitrogens with one attached hydrogen (secondary N) is 2. The largest absolute Gasteiger partial charge is 0.380 e. The highest BCUT2D eigenvalue weighted by Crippen LogP contribution is 2.27. The second-order valence-electron chi connectivity index (χ2n) is 5.99. The number of aliphatic hydroxyl groups is 1. The second-order valence-corrected chi connectivity index (χ2v) is 5.99. The van der Waals surface area contributed by atoms with Crippen LogP contribution in [-0.4, -0.2) is 35.1 Å². The summed E-state index contributed by atoms with van der Waals surface area (Å²) in [4.78, 5) is 8.79. The number of aryl methyl sites for hydroxylation is 2. The van der Waals surface area contributed by atoms with E-state index in [2.05, 4.69) is 30.6 Å². The van der Waals surface area contributed by atoms with Gasteiger partial charge in [0.25, 0.3) is 0 Å². The van der Waals surface area contributed by atoms with Gasteiger partial charge in [0.2, 0.25) is 0 Å². The molecule has 3 N–H and O–H groups in total. The van der Waals surface area contributed by atoms with Crippen molar-refractivity contribution in [3.8, 4) is 0 Å². The molecule has 0 saturated carbocycles. The number of hydrogen-bond donors (Lipinski definition) is 3. The Morgan fingerprint density at radius 3 is 2.69 bits per heavy atom. The fraction of sp³-hybridized carbons (Fsp3) is 0.176. The maximum atomic E-state index is 13.1. The van der Waals surface area contributed by atoms with Crippen molar-refractivity contribution in [2.45, 2.75) is 13.0 Å². The molecular formula is C17H16FN7O. The van der Waals surface area contributed by atoms with Crippen LogP contribution in [0.3, 0.4) is 0 Å². The normalized spacial score (nSPS) is 12.5. The summed E-state index contributed by atoms with van der Waals surface area (Å²) in [5.74, 6) is 0.857. The van der Waals surface area contributed by atoms with E-state index in [9.17, 15) is 9.50 Å². The molecule has 3 aromatic heterocycles. The number of rotatable bonds is 4. The summed E-state index contributed by atoms with van der Waals surface area (Å²) in [7, 11) is 1.78. The molecule has 0 fully saturated rings. The number of benzene rings is 1. The van der Waals surface area contributed by atoms with Crippen LogP contribution in [0, 0.1) is 12.7 Å². The third-order valence-electron chi connectivity index (χ3n) is 3.89. The van der Waals surface area contributed by atoms with E-state index in [1.165, 1.54) is 24.3 Å². The summed E-state index contributed by atoms with van der Waals surface area (Å²) in [5.41, 5.74) is 1.83. The zero-order valence-electron chi connectivity index (χ0n) is 14.1. The van der Waals surface area contributed by atoms with Crippen molar-refractivity contribution in [3.05, 3.63) is 59.4 Å². The molecule has 4 rings (SSSR count). The number of hydrogen-bond acceptors (Lipinski definition) is 6. The molecule has 8 nitrogen and oxygen atoms in total. The topological polar surface area (TPSA) is 105 Å². The van der Waals surface area contributed by atoms with Crippen molar-refractivity contribution in [1.29, 1.82) is 0 Å². The van der Waals surface area contributed by atoms with Gasteiger partial charge < -0.3 is 10.4 Å². The third-order valence-corrected chi connectivity index (χ3v) is 3.89. The molecule has 0 bridgehead atoms. The lowest BCUT2D eigenvalue weighted by Gasteiger charge is -2.11. The highest BCUT2D eigenvalue weighted by atomic mass is 19.1. The van der Waals surface area contributed by atoms with Crippen molar-refractivity contribution in [3.63, 3.8) is 0 Å². The Bertz CT molecular complexity index is 1070. The lowest BCUT2D eigenvalue weighted by atomic mass is 10.1. The molecule has 0 unspecified atom stereocenters. The van der Waals surface area contributed by atoms with Gasteiger partial charge in [0.05, 0.1) is 5.39 Å². The predicted octanol–water partition coefficient (Wildman–Crippen LogP) is 2.36. The molecule has 0 saturated heterocycles. The van der Waals surface area contributed by atoms with Gasteiger partial charge in [-0.3, -0.25) is 9.78 Å². The highest BCUT2D eigenvalue weighted by molar-refractivity contribution is 5.87. The van der Waals surface area contributed by atoms with Gasteiger partial charge in [0.1, 0.15) is 17.7 Å². The molecule has 0 aliphatic heterocycles. The highest BCUT2D eigenvalue weighted by Gasteiger charge is 2.19. The number of fused-ring (bicyclic) bond motifs is 1. The summed E-state index contributed by atoms with van der Waals surface area (Å²) < 4.78 is 14.7. The minimum atomic E-state index is -1.11. The molecule has 1 aromatic carbocycles. The van der Waals surface area contributed by atoms with Crippen LogP contribution in [0.25, 0.3) is 11.0 Å². The summed E-state index contributed by atoms with van der Waals surface area (Å²) in [5, 5.41) is 25.7. The minimum Gasteiger partial charge on any atom is -0.380 e. The van der Waals surface area contributed by atoms with Gasteiger partial charge in [0.15, 0.2) is 17.3 Å². The molecule has 0 spiro atoms. The quantitative estimate of drug-likeness (QED) is 0.520. The Morgan fingerprint density at radius 2 is 2.00 bits per heavy atom. The first-order valence-electron chi connectivity index (χ1n) is 7.93. The molecule has 1 atom stereocenters. The summed E-state index contributed by atoms with van der Waals surface area (Å²) >= 11 is 0. The van der Waals surface area contributed by atoms with E-state index in [0.29, 0.717) is 28.2 Å². The molecule has 0 radical (unpaired) electrons. The number of anilines is 2. The number of halogens is 1. The van der Waals surface area contributed by atoms with Crippen LogP contribution in [0.4, 0.5) is 16.0 Å². The van der Waals surface area contributed by atoms with E-state index in [-0.39, 0.29) is 11.6 Å². The fourth-order valence-electron chi connectivity index (χ4n) is 2.65. The van der Waals surface area contributed by atoms with Crippen LogP contribution >= 0.6 is 0 Å². The maximum absolute atomic E-state index is 13.1. The van der Waals surface area contributed by atoms with Crippen molar-refractivity contribution in [1.82, 2.24) is 29.9 Å². The van der Waals surface area contributed by atoms with Crippen molar-refractivity contribution in [2.75, 3.05) is 5.32 Å². The Balaban J connectivity index is 1.78. The monoisotopic (exact) mass is 353 g/mol. The molecule has 0 aliphatic rings. The van der Waals surface area contributed by atoms with E-state index < -0.39 is 6.10 Å². The van der Waals surface area contributed by atoms with E-state index in [4.69, 9.17) is 0 Å². The van der Waals surface area contributed by atoms with Gasteiger partial charge in [-0.2, -0.15) is 10.2 Å². The van der Waals surface area contributed by atoms with E-state index in [1.807, 2.05) is 13.0 Å². The van der Waals surface area contributed by atoms with Gasteiger partial charge in [-0.25, -0.2) is 14.4 Å². The van der Waals surface area contributed by atoms with Crippen molar-refractivity contribution in [2.24, 2.45) is 7.05 Å². The van der Waals surface area contributed by atoms with Crippen molar-refractivity contribution >= 4 is 22.7 Å². The van der Waals surface area contributed by atoms with Crippen LogP contribution in [0.1, 0.15) is 23.2 Å². The van der Waals surface area contributed by atoms with Gasteiger partial charge in [-0.05, 0) is 24.6 Å². The number of aliphatic hydroxyl groups excluding tert-OH is 1. The van der Waals surface area contributed by atoms with Gasteiger partial charge in [0, 0.05) is 25.0 Å². The molecule has 0 amide bonds. The summed E-state index contributed by atoms with van der Waals surface area (Å²) in [6.45, 7) is 1.89. The molecule has 132 valence electrons. The van der Waals surface area contributed by atoms with Crippen LogP contribution < -0.4 is 5.32 Å². The first-order valence-corrected chi connectivity index (χ1v) is 7.93. The molecule has 0 aliphatic carbocycles. The van der Waals surface area contributed by atoms with Gasteiger partial charge >= 0.3 is 0 Å². The zero-order chi connectivity index (χ0) is 18.3. The van der Waals surface area contributed by atoms with Crippen LogP contribution in [-0.2, 0) is 7.05 Å². The Kier molecular flexibility index (Phi) is 3.85. The maximum Gasteiger partial charge on any atom is 0.186 e. The third kappa shape index (κ3) is 3.00. The average Bonchev–Trinajstić information content (AvgIpc) is 3.19. The van der Waals surface area contributed by atoms with E-state index >= 15 is 0 Å². The first-order chi connectivity index (χ1) is 12.5.